The molecule has 118 valence electrons. The Labute approximate surface area is 131 Å². The van der Waals surface area contributed by atoms with Gasteiger partial charge < -0.3 is 0 Å². The third kappa shape index (κ3) is 7.45. The van der Waals surface area contributed by atoms with Crippen LogP contribution >= 0.6 is 0 Å². The van der Waals surface area contributed by atoms with Gasteiger partial charge in [-0.1, -0.05) is 95.5 Å². The summed E-state index contributed by atoms with van der Waals surface area (Å²) in [4.78, 5) is 12.6. The van der Waals surface area contributed by atoms with E-state index in [9.17, 15) is 4.79 Å². The van der Waals surface area contributed by atoms with Gasteiger partial charge in [0.05, 0.1) is 0 Å². The fourth-order valence-corrected chi connectivity index (χ4v) is 2.87. The number of hydrogen-bond acceptors (Lipinski definition) is 1. The summed E-state index contributed by atoms with van der Waals surface area (Å²) >= 11 is 0. The molecule has 0 N–H and O–H groups in total. The van der Waals surface area contributed by atoms with Gasteiger partial charge in [0.15, 0.2) is 5.78 Å². The molecular formula is C20H32O. The molecule has 0 saturated carbocycles. The molecule has 0 amide bonds. The van der Waals surface area contributed by atoms with Gasteiger partial charge in [-0.05, 0) is 12.8 Å². The molecule has 1 atom stereocenters. The Bertz CT molecular complexity index is 369. The molecule has 0 spiro atoms. The highest BCUT2D eigenvalue weighted by atomic mass is 16.1. The normalized spacial score (nSPS) is 12.3. The average Bonchev–Trinajstić information content (AvgIpc) is 2.53. The Morgan fingerprint density at radius 1 is 0.810 bits per heavy atom. The number of ketones is 1. The topological polar surface area (TPSA) is 17.1 Å². The van der Waals surface area contributed by atoms with Crippen LogP contribution in [0, 0.1) is 5.92 Å². The van der Waals surface area contributed by atoms with Crippen molar-refractivity contribution < 1.29 is 4.79 Å². The third-order valence-corrected chi connectivity index (χ3v) is 4.24. The van der Waals surface area contributed by atoms with E-state index >= 15 is 0 Å². The zero-order valence-electron chi connectivity index (χ0n) is 13.9. The molecule has 0 radical (unpaired) electrons. The summed E-state index contributed by atoms with van der Waals surface area (Å²) in [5, 5.41) is 0. The van der Waals surface area contributed by atoms with E-state index in [1.54, 1.807) is 0 Å². The molecule has 1 heteroatoms. The van der Waals surface area contributed by atoms with Gasteiger partial charge in [-0.2, -0.15) is 0 Å². The highest BCUT2D eigenvalue weighted by Gasteiger charge is 2.18. The SMILES string of the molecule is CCCCCCCCC(CCCC)C(=O)c1ccccc1. The average molecular weight is 288 g/mol. The van der Waals surface area contributed by atoms with Crippen LogP contribution in [0.4, 0.5) is 0 Å². The maximum atomic E-state index is 12.6. The maximum Gasteiger partial charge on any atom is 0.165 e. The number of Topliss-reactive ketones (excluding diaryl/α,β-unsaturated/α-hetero) is 1. The molecule has 0 aromatic heterocycles. The molecule has 21 heavy (non-hydrogen) atoms. The quantitative estimate of drug-likeness (QED) is 0.320. The summed E-state index contributed by atoms with van der Waals surface area (Å²) in [6.45, 7) is 4.45. The number of rotatable bonds is 12. The lowest BCUT2D eigenvalue weighted by molar-refractivity contribution is 0.0902. The Hall–Kier alpha value is -1.11. The zero-order chi connectivity index (χ0) is 15.3. The molecule has 0 fully saturated rings. The van der Waals surface area contributed by atoms with Crippen molar-refractivity contribution in [3.63, 3.8) is 0 Å². The molecular weight excluding hydrogens is 256 g/mol. The van der Waals surface area contributed by atoms with E-state index in [2.05, 4.69) is 13.8 Å². The number of benzene rings is 1. The van der Waals surface area contributed by atoms with Crippen LogP contribution in [0.1, 0.15) is 88.4 Å². The van der Waals surface area contributed by atoms with Crippen molar-refractivity contribution in [1.82, 2.24) is 0 Å². The van der Waals surface area contributed by atoms with E-state index < -0.39 is 0 Å². The van der Waals surface area contributed by atoms with Gasteiger partial charge >= 0.3 is 0 Å². The van der Waals surface area contributed by atoms with E-state index in [1.807, 2.05) is 30.3 Å². The van der Waals surface area contributed by atoms with Crippen LogP contribution in [-0.2, 0) is 0 Å². The van der Waals surface area contributed by atoms with E-state index in [-0.39, 0.29) is 5.92 Å². The summed E-state index contributed by atoms with van der Waals surface area (Å²) in [5.41, 5.74) is 0.893. The Morgan fingerprint density at radius 3 is 2.05 bits per heavy atom. The second-order valence-electron chi connectivity index (χ2n) is 6.13. The third-order valence-electron chi connectivity index (χ3n) is 4.24. The predicted molar refractivity (Wildman–Crippen MR) is 91.8 cm³/mol. The molecule has 1 aromatic rings. The van der Waals surface area contributed by atoms with Crippen molar-refractivity contribution in [2.75, 3.05) is 0 Å². The van der Waals surface area contributed by atoms with Gasteiger partial charge in [-0.3, -0.25) is 4.79 Å². The monoisotopic (exact) mass is 288 g/mol. The van der Waals surface area contributed by atoms with Crippen molar-refractivity contribution >= 4 is 5.78 Å². The Kier molecular flexibility index (Phi) is 9.86. The fourth-order valence-electron chi connectivity index (χ4n) is 2.87. The van der Waals surface area contributed by atoms with Crippen molar-refractivity contribution in [2.24, 2.45) is 5.92 Å². The molecule has 0 aliphatic rings. The molecule has 0 aliphatic carbocycles. The standard InChI is InChI=1S/C20H32O/c1-3-5-7-8-9-11-15-18(14-6-4-2)20(21)19-16-12-10-13-17-19/h10,12-13,16-18H,3-9,11,14-15H2,1-2H3. The van der Waals surface area contributed by atoms with E-state index in [1.165, 1.54) is 51.4 Å². The van der Waals surface area contributed by atoms with E-state index in [0.717, 1.165) is 18.4 Å². The van der Waals surface area contributed by atoms with Crippen LogP contribution in [0.5, 0.6) is 0 Å². The Balaban J connectivity index is 2.42. The number of carbonyl (C=O) groups excluding carboxylic acids is 1. The lowest BCUT2D eigenvalue weighted by Gasteiger charge is -2.15. The van der Waals surface area contributed by atoms with Gasteiger partial charge in [-0.25, -0.2) is 0 Å². The highest BCUT2D eigenvalue weighted by molar-refractivity contribution is 5.97. The summed E-state index contributed by atoms with van der Waals surface area (Å²) in [5.74, 6) is 0.594. The van der Waals surface area contributed by atoms with Crippen LogP contribution in [0.2, 0.25) is 0 Å². The summed E-state index contributed by atoms with van der Waals surface area (Å²) in [6, 6.07) is 9.83. The highest BCUT2D eigenvalue weighted by Crippen LogP contribution is 2.22. The molecule has 0 saturated heterocycles. The van der Waals surface area contributed by atoms with Gasteiger partial charge in [-0.15, -0.1) is 0 Å². The number of hydrogen-bond donors (Lipinski definition) is 0. The molecule has 1 rings (SSSR count). The first-order valence-electron chi connectivity index (χ1n) is 8.88. The Morgan fingerprint density at radius 2 is 1.38 bits per heavy atom. The number of carbonyl (C=O) groups is 1. The van der Waals surface area contributed by atoms with Crippen LogP contribution in [0.15, 0.2) is 30.3 Å². The lowest BCUT2D eigenvalue weighted by atomic mass is 9.88. The van der Waals surface area contributed by atoms with Crippen LogP contribution < -0.4 is 0 Å². The summed E-state index contributed by atoms with van der Waals surface area (Å²) in [7, 11) is 0. The minimum absolute atomic E-state index is 0.235. The minimum atomic E-state index is 0.235. The first-order chi connectivity index (χ1) is 10.3. The van der Waals surface area contributed by atoms with Crippen molar-refractivity contribution in [1.29, 1.82) is 0 Å². The van der Waals surface area contributed by atoms with Crippen molar-refractivity contribution in [3.05, 3.63) is 35.9 Å². The van der Waals surface area contributed by atoms with Crippen LogP contribution in [-0.4, -0.2) is 5.78 Å². The summed E-state index contributed by atoms with van der Waals surface area (Å²) < 4.78 is 0. The molecule has 0 aliphatic heterocycles. The van der Waals surface area contributed by atoms with E-state index in [4.69, 9.17) is 0 Å². The van der Waals surface area contributed by atoms with Crippen molar-refractivity contribution in [3.8, 4) is 0 Å². The zero-order valence-corrected chi connectivity index (χ0v) is 13.9. The first-order valence-corrected chi connectivity index (χ1v) is 8.88. The smallest absolute Gasteiger partial charge is 0.165 e. The van der Waals surface area contributed by atoms with Crippen LogP contribution in [0.25, 0.3) is 0 Å². The maximum absolute atomic E-state index is 12.6. The molecule has 0 heterocycles. The summed E-state index contributed by atoms with van der Waals surface area (Å²) in [6.07, 6.45) is 12.3. The van der Waals surface area contributed by atoms with Gasteiger partial charge in [0.1, 0.15) is 0 Å². The molecule has 0 bridgehead atoms. The number of unbranched alkanes of at least 4 members (excludes halogenated alkanes) is 6. The van der Waals surface area contributed by atoms with Gasteiger partial charge in [0, 0.05) is 11.5 Å². The molecule has 1 aromatic carbocycles. The molecule has 1 unspecified atom stereocenters. The predicted octanol–water partition coefficient (Wildman–Crippen LogP) is 6.43. The fraction of sp³-hybridized carbons (Fsp3) is 0.650. The van der Waals surface area contributed by atoms with Gasteiger partial charge in [0.25, 0.3) is 0 Å². The lowest BCUT2D eigenvalue weighted by Crippen LogP contribution is -2.15. The second-order valence-corrected chi connectivity index (χ2v) is 6.13. The van der Waals surface area contributed by atoms with Gasteiger partial charge in [0.2, 0.25) is 0 Å². The largest absolute Gasteiger partial charge is 0.294 e. The molecule has 1 nitrogen and oxygen atoms in total. The van der Waals surface area contributed by atoms with Crippen molar-refractivity contribution in [2.45, 2.75) is 78.1 Å². The van der Waals surface area contributed by atoms with E-state index in [0.29, 0.717) is 5.78 Å². The minimum Gasteiger partial charge on any atom is -0.294 e. The first kappa shape index (κ1) is 17.9. The second kappa shape index (κ2) is 11.5. The van der Waals surface area contributed by atoms with Crippen LogP contribution in [0.3, 0.4) is 0 Å².